The number of allylic oxidation sites excluding steroid dienone is 8. The van der Waals surface area contributed by atoms with Gasteiger partial charge in [0.1, 0.15) is 0 Å². The third-order valence-corrected chi connectivity index (χ3v) is 7.44. The molecule has 1 heterocycles. The van der Waals surface area contributed by atoms with E-state index in [1.807, 2.05) is 0 Å². The maximum absolute atomic E-state index is 5.68. The summed E-state index contributed by atoms with van der Waals surface area (Å²) in [6.07, 6.45) is 21.0. The molecular weight excluding hydrogens is 396 g/mol. The quantitative estimate of drug-likeness (QED) is 0.133. The molecule has 0 radical (unpaired) electrons. The maximum atomic E-state index is 5.68. The van der Waals surface area contributed by atoms with Crippen LogP contribution in [-0.4, -0.2) is 22.7 Å². The first-order valence-corrected chi connectivity index (χ1v) is 13.5. The van der Waals surface area contributed by atoms with E-state index in [-0.39, 0.29) is 5.60 Å². The summed E-state index contributed by atoms with van der Waals surface area (Å²) < 4.78 is 5.68. The fraction of sp³-hybridized carbons (Fsp3) is 0.724. The van der Waals surface area contributed by atoms with Gasteiger partial charge in [-0.15, -0.1) is 0 Å². The summed E-state index contributed by atoms with van der Waals surface area (Å²) in [5, 5.41) is 0.745. The standard InChI is InChI=1S/C29H50OS/c1-23(2)13-9-14-24(3)15-10-16-25(4)18-12-22-31-27(6)19-11-17-26(5)20-21-28-29(7,8)30-28/h13,15,17-18,27-28H,9-12,14,16,19-22H2,1-8H3/b24-15+,25-18+,26-17+. The zero-order chi connectivity index (χ0) is 23.3. The second-order valence-corrected chi connectivity index (χ2v) is 11.9. The Morgan fingerprint density at radius 3 is 1.90 bits per heavy atom. The first-order chi connectivity index (χ1) is 14.6. The Hall–Kier alpha value is -0.730. The van der Waals surface area contributed by atoms with Crippen LogP contribution in [0.15, 0.2) is 46.6 Å². The van der Waals surface area contributed by atoms with Crippen LogP contribution in [0.3, 0.4) is 0 Å². The molecule has 2 atom stereocenters. The van der Waals surface area contributed by atoms with E-state index in [1.54, 1.807) is 5.57 Å². The molecule has 1 fully saturated rings. The van der Waals surface area contributed by atoms with Crippen molar-refractivity contribution in [3.05, 3.63) is 46.6 Å². The van der Waals surface area contributed by atoms with E-state index < -0.39 is 0 Å². The Kier molecular flexibility index (Phi) is 13.8. The zero-order valence-corrected chi connectivity index (χ0v) is 22.7. The Labute approximate surface area is 198 Å². The number of hydrogen-bond acceptors (Lipinski definition) is 2. The minimum atomic E-state index is 0.138. The lowest BCUT2D eigenvalue weighted by molar-refractivity contribution is 0.320. The summed E-state index contributed by atoms with van der Waals surface area (Å²) in [7, 11) is 0. The van der Waals surface area contributed by atoms with Gasteiger partial charge in [0.15, 0.2) is 0 Å². The van der Waals surface area contributed by atoms with Crippen LogP contribution in [0.25, 0.3) is 0 Å². The minimum Gasteiger partial charge on any atom is -0.367 e. The van der Waals surface area contributed by atoms with Gasteiger partial charge < -0.3 is 4.74 Å². The average Bonchev–Trinajstić information content (AvgIpc) is 3.30. The molecule has 0 aliphatic carbocycles. The van der Waals surface area contributed by atoms with Crippen molar-refractivity contribution in [2.75, 3.05) is 5.75 Å². The van der Waals surface area contributed by atoms with Crippen molar-refractivity contribution in [1.82, 2.24) is 0 Å². The fourth-order valence-electron chi connectivity index (χ4n) is 3.76. The second kappa shape index (κ2) is 15.2. The predicted octanol–water partition coefficient (Wildman–Crippen LogP) is 9.60. The lowest BCUT2D eigenvalue weighted by atomic mass is 10.0. The summed E-state index contributed by atoms with van der Waals surface area (Å²) in [5.41, 5.74) is 6.17. The molecule has 31 heavy (non-hydrogen) atoms. The maximum Gasteiger partial charge on any atom is 0.0892 e. The second-order valence-electron chi connectivity index (χ2n) is 10.3. The summed E-state index contributed by atoms with van der Waals surface area (Å²) in [5.74, 6) is 1.24. The lowest BCUT2D eigenvalue weighted by Crippen LogP contribution is -2.02. The van der Waals surface area contributed by atoms with Crippen molar-refractivity contribution < 1.29 is 4.74 Å². The topological polar surface area (TPSA) is 12.5 Å². The highest BCUT2D eigenvalue weighted by Crippen LogP contribution is 2.39. The molecule has 0 saturated carbocycles. The van der Waals surface area contributed by atoms with Crippen LogP contribution in [-0.2, 0) is 4.74 Å². The van der Waals surface area contributed by atoms with Gasteiger partial charge in [-0.3, -0.25) is 0 Å². The molecule has 1 saturated heterocycles. The van der Waals surface area contributed by atoms with Crippen LogP contribution in [0.2, 0.25) is 0 Å². The van der Waals surface area contributed by atoms with Crippen molar-refractivity contribution in [1.29, 1.82) is 0 Å². The molecule has 178 valence electrons. The SMILES string of the molecule is CC(C)=CCC/C(C)=C/CC/C(C)=C/CCSC(C)CC/C=C(\C)CCC1OC1(C)C. The Morgan fingerprint density at radius 2 is 1.32 bits per heavy atom. The van der Waals surface area contributed by atoms with Gasteiger partial charge in [0.2, 0.25) is 0 Å². The van der Waals surface area contributed by atoms with Gasteiger partial charge >= 0.3 is 0 Å². The number of epoxide rings is 1. The third-order valence-electron chi connectivity index (χ3n) is 6.17. The van der Waals surface area contributed by atoms with Crippen LogP contribution >= 0.6 is 11.8 Å². The molecule has 0 bridgehead atoms. The molecule has 1 rings (SSSR count). The monoisotopic (exact) mass is 446 g/mol. The molecule has 2 unspecified atom stereocenters. The van der Waals surface area contributed by atoms with E-state index in [9.17, 15) is 0 Å². The Morgan fingerprint density at radius 1 is 0.806 bits per heavy atom. The molecule has 1 nitrogen and oxygen atoms in total. The van der Waals surface area contributed by atoms with Crippen LogP contribution in [0.4, 0.5) is 0 Å². The van der Waals surface area contributed by atoms with Gasteiger partial charge in [0.25, 0.3) is 0 Å². The van der Waals surface area contributed by atoms with Gasteiger partial charge in [-0.1, -0.05) is 53.5 Å². The van der Waals surface area contributed by atoms with Crippen LogP contribution < -0.4 is 0 Å². The van der Waals surface area contributed by atoms with Gasteiger partial charge in [-0.2, -0.15) is 11.8 Å². The smallest absolute Gasteiger partial charge is 0.0892 e. The normalized spacial score (nSPS) is 20.0. The highest BCUT2D eigenvalue weighted by molar-refractivity contribution is 7.99. The largest absolute Gasteiger partial charge is 0.367 e. The first kappa shape index (κ1) is 28.3. The molecule has 0 N–H and O–H groups in total. The Bertz CT molecular complexity index is 631. The summed E-state index contributed by atoms with van der Waals surface area (Å²) in [6, 6.07) is 0. The van der Waals surface area contributed by atoms with Gasteiger partial charge in [-0.25, -0.2) is 0 Å². The summed E-state index contributed by atoms with van der Waals surface area (Å²) in [4.78, 5) is 0. The molecule has 1 aliphatic heterocycles. The summed E-state index contributed by atoms with van der Waals surface area (Å²) in [6.45, 7) is 18.0. The lowest BCUT2D eigenvalue weighted by Gasteiger charge is -2.09. The van der Waals surface area contributed by atoms with Crippen molar-refractivity contribution >= 4 is 11.8 Å². The minimum absolute atomic E-state index is 0.138. The average molecular weight is 447 g/mol. The Balaban J connectivity index is 2.08. The summed E-state index contributed by atoms with van der Waals surface area (Å²) >= 11 is 2.13. The molecule has 0 aromatic rings. The van der Waals surface area contributed by atoms with Gasteiger partial charge in [0, 0.05) is 5.25 Å². The van der Waals surface area contributed by atoms with Crippen LogP contribution in [0, 0.1) is 0 Å². The van der Waals surface area contributed by atoms with Gasteiger partial charge in [0.05, 0.1) is 11.7 Å². The molecule has 0 aromatic carbocycles. The molecule has 2 heteroatoms. The third kappa shape index (κ3) is 14.9. The predicted molar refractivity (Wildman–Crippen MR) is 143 cm³/mol. The zero-order valence-electron chi connectivity index (χ0n) is 21.9. The van der Waals surface area contributed by atoms with Gasteiger partial charge in [-0.05, 0) is 112 Å². The molecular formula is C29H50OS. The van der Waals surface area contributed by atoms with Crippen LogP contribution in [0.1, 0.15) is 113 Å². The number of hydrogen-bond donors (Lipinski definition) is 0. The highest BCUT2D eigenvalue weighted by Gasteiger charge is 2.46. The molecule has 0 amide bonds. The van der Waals surface area contributed by atoms with E-state index in [0.717, 1.165) is 5.25 Å². The van der Waals surface area contributed by atoms with E-state index in [4.69, 9.17) is 4.74 Å². The van der Waals surface area contributed by atoms with E-state index in [2.05, 4.69) is 91.5 Å². The number of rotatable bonds is 16. The van der Waals surface area contributed by atoms with Crippen molar-refractivity contribution in [2.24, 2.45) is 0 Å². The van der Waals surface area contributed by atoms with E-state index >= 15 is 0 Å². The number of ether oxygens (including phenoxy) is 1. The molecule has 0 spiro atoms. The highest BCUT2D eigenvalue weighted by atomic mass is 32.2. The van der Waals surface area contributed by atoms with Crippen molar-refractivity contribution in [3.63, 3.8) is 0 Å². The van der Waals surface area contributed by atoms with Crippen molar-refractivity contribution in [3.8, 4) is 0 Å². The number of thioether (sulfide) groups is 1. The molecule has 0 aromatic heterocycles. The van der Waals surface area contributed by atoms with E-state index in [1.165, 1.54) is 80.3 Å². The van der Waals surface area contributed by atoms with Crippen LogP contribution in [0.5, 0.6) is 0 Å². The molecule has 1 aliphatic rings. The fourth-order valence-corrected chi connectivity index (χ4v) is 4.72. The van der Waals surface area contributed by atoms with Crippen molar-refractivity contribution in [2.45, 2.75) is 130 Å². The van der Waals surface area contributed by atoms with E-state index in [0.29, 0.717) is 6.10 Å². The first-order valence-electron chi connectivity index (χ1n) is 12.5.